The summed E-state index contributed by atoms with van der Waals surface area (Å²) < 4.78 is 38.0. The van der Waals surface area contributed by atoms with Gasteiger partial charge in [-0.05, 0) is 43.7 Å². The van der Waals surface area contributed by atoms with Crippen molar-refractivity contribution in [3.63, 3.8) is 0 Å². The van der Waals surface area contributed by atoms with Crippen LogP contribution in [-0.2, 0) is 11.0 Å². The van der Waals surface area contributed by atoms with Crippen molar-refractivity contribution in [2.45, 2.75) is 26.1 Å². The highest BCUT2D eigenvalue weighted by atomic mass is 19.4. The van der Waals surface area contributed by atoms with Gasteiger partial charge in [0.15, 0.2) is 0 Å². The maximum absolute atomic E-state index is 12.7. The van der Waals surface area contributed by atoms with E-state index in [1.807, 2.05) is 30.3 Å². The third kappa shape index (κ3) is 3.10. The molecule has 4 nitrogen and oxygen atoms in total. The number of amides is 2. The second-order valence-electron chi connectivity index (χ2n) is 6.72. The summed E-state index contributed by atoms with van der Waals surface area (Å²) in [4.78, 5) is 25.4. The summed E-state index contributed by atoms with van der Waals surface area (Å²) in [6.45, 7) is 3.44. The third-order valence-electron chi connectivity index (χ3n) is 4.53. The number of imide groups is 1. The third-order valence-corrected chi connectivity index (χ3v) is 4.53. The smallest absolute Gasteiger partial charge is 0.272 e. The van der Waals surface area contributed by atoms with Gasteiger partial charge in [-0.25, -0.2) is 10.4 Å². The first-order valence-electron chi connectivity index (χ1n) is 7.99. The summed E-state index contributed by atoms with van der Waals surface area (Å²) in [7, 11) is 0. The van der Waals surface area contributed by atoms with Crippen molar-refractivity contribution in [1.82, 2.24) is 10.4 Å². The Kier molecular flexibility index (Phi) is 4.36. The summed E-state index contributed by atoms with van der Waals surface area (Å²) in [5.41, 5.74) is 2.01. The lowest BCUT2D eigenvalue weighted by Crippen LogP contribution is -2.41. The van der Waals surface area contributed by atoms with Crippen molar-refractivity contribution < 1.29 is 22.8 Å². The topological polar surface area (TPSA) is 49.4 Å². The van der Waals surface area contributed by atoms with Crippen LogP contribution < -0.4 is 5.43 Å². The predicted molar refractivity (Wildman–Crippen MR) is 88.7 cm³/mol. The Morgan fingerprint density at radius 3 is 2.15 bits per heavy atom. The number of hydrogen-bond donors (Lipinski definition) is 1. The molecule has 2 aromatic carbocycles. The second-order valence-corrected chi connectivity index (χ2v) is 6.72. The monoisotopic (exact) mass is 362 g/mol. The van der Waals surface area contributed by atoms with Gasteiger partial charge in [-0.1, -0.05) is 30.3 Å². The Bertz CT molecular complexity index is 830. The number of nitrogens with zero attached hydrogens (tertiary/aromatic N) is 1. The highest BCUT2D eigenvalue weighted by molar-refractivity contribution is 6.07. The average molecular weight is 362 g/mol. The van der Waals surface area contributed by atoms with Crippen LogP contribution in [-0.4, -0.2) is 16.8 Å². The van der Waals surface area contributed by atoms with Crippen LogP contribution in [0.2, 0.25) is 0 Å². The number of rotatable bonds is 2. The largest absolute Gasteiger partial charge is 0.416 e. The summed E-state index contributed by atoms with van der Waals surface area (Å²) in [6, 6.07) is 12.6. The number of carbonyl (C=O) groups excluding carboxylic acids is 2. The molecule has 1 heterocycles. The van der Waals surface area contributed by atoms with Gasteiger partial charge in [0, 0.05) is 5.56 Å². The van der Waals surface area contributed by atoms with Crippen LogP contribution in [0.15, 0.2) is 54.6 Å². The summed E-state index contributed by atoms with van der Waals surface area (Å²) in [6.07, 6.45) is -4.48. The molecular weight excluding hydrogens is 345 g/mol. The first kappa shape index (κ1) is 18.1. The van der Waals surface area contributed by atoms with Crippen molar-refractivity contribution in [3.8, 4) is 0 Å². The van der Waals surface area contributed by atoms with Gasteiger partial charge in [0.2, 0.25) is 0 Å². The van der Waals surface area contributed by atoms with E-state index >= 15 is 0 Å². The molecule has 3 rings (SSSR count). The Morgan fingerprint density at radius 1 is 1.04 bits per heavy atom. The predicted octanol–water partition coefficient (Wildman–Crippen LogP) is 3.96. The average Bonchev–Trinajstić information content (AvgIpc) is 2.84. The lowest BCUT2D eigenvalue weighted by atomic mass is 9.81. The minimum Gasteiger partial charge on any atom is -0.272 e. The molecule has 0 spiro atoms. The standard InChI is InChI=1S/C19H17F3N2O2/c1-18(2)15(12-6-4-3-5-7-12)23-24(17(18)26)16(25)13-8-10-14(11-9-13)19(20,21)22/h3-11,15,23H,1-2H3. The number of carbonyl (C=O) groups is 2. The van der Waals surface area contributed by atoms with Crippen LogP contribution in [0, 0.1) is 5.41 Å². The second kappa shape index (κ2) is 6.25. The van der Waals surface area contributed by atoms with Crippen LogP contribution in [0.1, 0.15) is 41.4 Å². The summed E-state index contributed by atoms with van der Waals surface area (Å²) >= 11 is 0. The van der Waals surface area contributed by atoms with Gasteiger partial charge in [0.25, 0.3) is 11.8 Å². The van der Waals surface area contributed by atoms with E-state index in [9.17, 15) is 22.8 Å². The fourth-order valence-electron chi connectivity index (χ4n) is 2.98. The summed E-state index contributed by atoms with van der Waals surface area (Å²) in [5, 5.41) is 0.889. The minimum atomic E-state index is -4.48. The van der Waals surface area contributed by atoms with Gasteiger partial charge in [0.05, 0.1) is 17.0 Å². The van der Waals surface area contributed by atoms with Gasteiger partial charge in [-0.15, -0.1) is 0 Å². The van der Waals surface area contributed by atoms with Crippen molar-refractivity contribution >= 4 is 11.8 Å². The minimum absolute atomic E-state index is 0.00311. The van der Waals surface area contributed by atoms with Crippen LogP contribution in [0.5, 0.6) is 0 Å². The van der Waals surface area contributed by atoms with Crippen molar-refractivity contribution in [3.05, 3.63) is 71.3 Å². The fourth-order valence-corrected chi connectivity index (χ4v) is 2.98. The molecular formula is C19H17F3N2O2. The summed E-state index contributed by atoms with van der Waals surface area (Å²) in [5.74, 6) is -1.12. The number of halogens is 3. The number of hydrogen-bond acceptors (Lipinski definition) is 3. The maximum atomic E-state index is 12.7. The molecule has 7 heteroatoms. The van der Waals surface area contributed by atoms with Gasteiger partial charge >= 0.3 is 6.18 Å². The molecule has 1 aliphatic rings. The molecule has 2 amide bonds. The van der Waals surface area contributed by atoms with Crippen LogP contribution in [0.4, 0.5) is 13.2 Å². The van der Waals surface area contributed by atoms with Gasteiger partial charge in [0.1, 0.15) is 0 Å². The van der Waals surface area contributed by atoms with Gasteiger partial charge in [-0.3, -0.25) is 9.59 Å². The Hall–Kier alpha value is -2.67. The molecule has 1 atom stereocenters. The SMILES string of the molecule is CC1(C)C(=O)N(C(=O)c2ccc(C(F)(F)F)cc2)NC1c1ccccc1. The molecule has 1 unspecified atom stereocenters. The zero-order valence-electron chi connectivity index (χ0n) is 14.2. The molecule has 0 bridgehead atoms. The Labute approximate surface area is 148 Å². The molecule has 1 aliphatic heterocycles. The van der Waals surface area contributed by atoms with Crippen molar-refractivity contribution in [2.24, 2.45) is 5.41 Å². The number of nitrogens with one attached hydrogen (secondary N) is 1. The first-order chi connectivity index (χ1) is 12.1. The lowest BCUT2D eigenvalue weighted by Gasteiger charge is -2.22. The number of benzene rings is 2. The highest BCUT2D eigenvalue weighted by Gasteiger charge is 2.50. The zero-order chi connectivity index (χ0) is 19.1. The number of alkyl halides is 3. The Morgan fingerprint density at radius 2 is 1.62 bits per heavy atom. The molecule has 1 saturated heterocycles. The molecule has 2 aromatic rings. The van der Waals surface area contributed by atoms with Gasteiger partial charge < -0.3 is 0 Å². The molecule has 0 aromatic heterocycles. The quantitative estimate of drug-likeness (QED) is 0.823. The molecule has 26 heavy (non-hydrogen) atoms. The van der Waals surface area contributed by atoms with Crippen LogP contribution >= 0.6 is 0 Å². The molecule has 1 N–H and O–H groups in total. The van der Waals surface area contributed by atoms with Crippen LogP contribution in [0.25, 0.3) is 0 Å². The van der Waals surface area contributed by atoms with E-state index in [2.05, 4.69) is 5.43 Å². The normalized spacial score (nSPS) is 19.7. The van der Waals surface area contributed by atoms with Gasteiger partial charge in [-0.2, -0.15) is 13.2 Å². The molecule has 0 aliphatic carbocycles. The van der Waals surface area contributed by atoms with Crippen molar-refractivity contribution in [1.29, 1.82) is 0 Å². The van der Waals surface area contributed by atoms with Crippen molar-refractivity contribution in [2.75, 3.05) is 0 Å². The van der Waals surface area contributed by atoms with E-state index in [0.717, 1.165) is 34.8 Å². The van der Waals surface area contributed by atoms with E-state index in [-0.39, 0.29) is 5.56 Å². The van der Waals surface area contributed by atoms with Crippen LogP contribution in [0.3, 0.4) is 0 Å². The fraction of sp³-hybridized carbons (Fsp3) is 0.263. The van der Waals surface area contributed by atoms with E-state index in [1.165, 1.54) is 0 Å². The molecule has 0 saturated carbocycles. The Balaban J connectivity index is 1.87. The zero-order valence-corrected chi connectivity index (χ0v) is 14.2. The van der Waals surface area contributed by atoms with E-state index in [1.54, 1.807) is 13.8 Å². The van der Waals surface area contributed by atoms with E-state index in [0.29, 0.717) is 0 Å². The highest BCUT2D eigenvalue weighted by Crippen LogP contribution is 2.40. The molecule has 136 valence electrons. The number of hydrazine groups is 1. The molecule has 1 fully saturated rings. The molecule has 0 radical (unpaired) electrons. The maximum Gasteiger partial charge on any atom is 0.416 e. The van der Waals surface area contributed by atoms with E-state index < -0.39 is 35.0 Å². The van der Waals surface area contributed by atoms with E-state index in [4.69, 9.17) is 0 Å². The first-order valence-corrected chi connectivity index (χ1v) is 7.99. The lowest BCUT2D eigenvalue weighted by molar-refractivity contribution is -0.137.